The number of carbonyl (C=O) groups excluding carboxylic acids is 1. The van der Waals surface area contributed by atoms with Gasteiger partial charge in [-0.1, -0.05) is 67.1 Å². The van der Waals surface area contributed by atoms with Gasteiger partial charge >= 0.3 is 0 Å². The highest BCUT2D eigenvalue weighted by molar-refractivity contribution is 5.98. The minimum atomic E-state index is -0.0768. The lowest BCUT2D eigenvalue weighted by atomic mass is 10.0. The summed E-state index contributed by atoms with van der Waals surface area (Å²) in [5, 5.41) is 8.67. The zero-order chi connectivity index (χ0) is 21.1. The van der Waals surface area contributed by atoms with Crippen molar-refractivity contribution < 1.29 is 4.79 Å². The molecule has 152 valence electrons. The van der Waals surface area contributed by atoms with E-state index in [-0.39, 0.29) is 11.9 Å². The van der Waals surface area contributed by atoms with Crippen molar-refractivity contribution in [1.82, 2.24) is 15.1 Å². The first-order valence-corrected chi connectivity index (χ1v) is 10.4. The maximum atomic E-state index is 12.9. The van der Waals surface area contributed by atoms with E-state index in [1.54, 1.807) is 0 Å². The third-order valence-electron chi connectivity index (χ3n) is 5.60. The van der Waals surface area contributed by atoms with Gasteiger partial charge in [-0.2, -0.15) is 5.10 Å². The van der Waals surface area contributed by atoms with Gasteiger partial charge in [0, 0.05) is 10.9 Å². The van der Waals surface area contributed by atoms with Crippen molar-refractivity contribution in [3.63, 3.8) is 0 Å². The van der Waals surface area contributed by atoms with Crippen LogP contribution in [0.4, 0.5) is 0 Å². The van der Waals surface area contributed by atoms with E-state index in [1.165, 1.54) is 16.7 Å². The van der Waals surface area contributed by atoms with E-state index < -0.39 is 0 Å². The molecule has 0 saturated carbocycles. The quantitative estimate of drug-likeness (QED) is 0.470. The average Bonchev–Trinajstić information content (AvgIpc) is 3.17. The molecule has 4 nitrogen and oxygen atoms in total. The van der Waals surface area contributed by atoms with Gasteiger partial charge in [0.1, 0.15) is 0 Å². The lowest BCUT2D eigenvalue weighted by molar-refractivity contribution is 0.0940. The molecule has 1 amide bonds. The second kappa shape index (κ2) is 8.54. The summed E-state index contributed by atoms with van der Waals surface area (Å²) in [6.45, 7) is 6.91. The van der Waals surface area contributed by atoms with E-state index in [0.717, 1.165) is 22.9 Å². The summed E-state index contributed by atoms with van der Waals surface area (Å²) in [5.41, 5.74) is 6.43. The van der Waals surface area contributed by atoms with Crippen LogP contribution in [0.25, 0.3) is 10.9 Å². The number of nitrogens with zero attached hydrogens (tertiary/aromatic N) is 2. The van der Waals surface area contributed by atoms with Gasteiger partial charge < -0.3 is 5.32 Å². The maximum Gasteiger partial charge on any atom is 0.251 e. The van der Waals surface area contributed by atoms with Crippen molar-refractivity contribution in [2.24, 2.45) is 0 Å². The molecule has 1 heterocycles. The lowest BCUT2D eigenvalue weighted by Crippen LogP contribution is -2.26. The largest absolute Gasteiger partial charge is 0.346 e. The van der Waals surface area contributed by atoms with Gasteiger partial charge in [0.25, 0.3) is 5.91 Å². The highest BCUT2D eigenvalue weighted by Gasteiger charge is 2.13. The molecule has 0 aliphatic rings. The van der Waals surface area contributed by atoms with Crippen LogP contribution in [-0.2, 0) is 13.0 Å². The van der Waals surface area contributed by atoms with Crippen LogP contribution in [0.15, 0.2) is 72.9 Å². The lowest BCUT2D eigenvalue weighted by Gasteiger charge is -2.15. The molecule has 0 aliphatic heterocycles. The second-order valence-corrected chi connectivity index (χ2v) is 7.85. The first-order chi connectivity index (χ1) is 14.5. The topological polar surface area (TPSA) is 46.9 Å². The fourth-order valence-corrected chi connectivity index (χ4v) is 3.61. The molecule has 1 N–H and O–H groups in total. The monoisotopic (exact) mass is 397 g/mol. The number of aryl methyl sites for hydroxylation is 2. The van der Waals surface area contributed by atoms with Gasteiger partial charge in [0.15, 0.2) is 0 Å². The van der Waals surface area contributed by atoms with Crippen molar-refractivity contribution in [2.45, 2.75) is 39.8 Å². The Morgan fingerprint density at radius 3 is 2.40 bits per heavy atom. The van der Waals surface area contributed by atoms with Crippen LogP contribution in [0.3, 0.4) is 0 Å². The van der Waals surface area contributed by atoms with Gasteiger partial charge in [-0.3, -0.25) is 9.48 Å². The van der Waals surface area contributed by atoms with E-state index in [0.29, 0.717) is 12.1 Å². The first kappa shape index (κ1) is 19.9. The molecule has 0 fully saturated rings. The second-order valence-electron chi connectivity index (χ2n) is 7.85. The summed E-state index contributed by atoms with van der Waals surface area (Å²) in [6.07, 6.45) is 2.86. The van der Waals surface area contributed by atoms with Crippen LogP contribution in [0.1, 0.15) is 52.5 Å². The Morgan fingerprint density at radius 2 is 1.70 bits per heavy atom. The molecule has 4 rings (SSSR count). The molecule has 4 aromatic rings. The third kappa shape index (κ3) is 4.28. The molecule has 3 aromatic carbocycles. The molecule has 0 bridgehead atoms. The SMILES string of the molecule is CCc1ccc([C@H](C)NC(=O)c2ccc3cnn(Cc4ccc(C)cc4)c3c2)cc1. The Kier molecular flexibility index (Phi) is 5.66. The van der Waals surface area contributed by atoms with E-state index in [1.807, 2.05) is 36.0 Å². The Balaban J connectivity index is 1.53. The zero-order valence-electron chi connectivity index (χ0n) is 17.7. The summed E-state index contributed by atoms with van der Waals surface area (Å²) < 4.78 is 1.95. The Bertz CT molecular complexity index is 1160. The minimum Gasteiger partial charge on any atom is -0.346 e. The molecule has 0 radical (unpaired) electrons. The Morgan fingerprint density at radius 1 is 1.00 bits per heavy atom. The van der Waals surface area contributed by atoms with E-state index in [4.69, 9.17) is 0 Å². The maximum absolute atomic E-state index is 12.9. The number of aromatic nitrogens is 2. The number of carbonyl (C=O) groups is 1. The predicted octanol–water partition coefficient (Wildman–Crippen LogP) is 5.45. The zero-order valence-corrected chi connectivity index (χ0v) is 17.7. The van der Waals surface area contributed by atoms with Gasteiger partial charge in [-0.05, 0) is 49.1 Å². The molecule has 0 spiro atoms. The number of amides is 1. The molecule has 0 aliphatic carbocycles. The number of benzene rings is 3. The van der Waals surface area contributed by atoms with Crippen molar-refractivity contribution in [3.05, 3.63) is 101 Å². The minimum absolute atomic E-state index is 0.0587. The van der Waals surface area contributed by atoms with E-state index in [2.05, 4.69) is 72.8 Å². The predicted molar refractivity (Wildman–Crippen MR) is 122 cm³/mol. The van der Waals surface area contributed by atoms with Crippen LogP contribution in [-0.4, -0.2) is 15.7 Å². The molecule has 0 saturated heterocycles. The van der Waals surface area contributed by atoms with Crippen molar-refractivity contribution in [1.29, 1.82) is 0 Å². The molecular formula is C26H27N3O. The standard InChI is InChI=1S/C26H27N3O/c1-4-20-9-11-22(12-10-20)19(3)28-26(30)23-13-14-24-16-27-29(25(24)15-23)17-21-7-5-18(2)6-8-21/h5-16,19H,4,17H2,1-3H3,(H,28,30)/t19-/m0/s1. The summed E-state index contributed by atoms with van der Waals surface area (Å²) in [7, 11) is 0. The molecule has 1 atom stereocenters. The van der Waals surface area contributed by atoms with Gasteiger partial charge in [-0.25, -0.2) is 0 Å². The van der Waals surface area contributed by atoms with Gasteiger partial charge in [0.2, 0.25) is 0 Å². The van der Waals surface area contributed by atoms with Crippen molar-refractivity contribution in [2.75, 3.05) is 0 Å². The molecule has 0 unspecified atom stereocenters. The molecule has 4 heteroatoms. The van der Waals surface area contributed by atoms with Gasteiger partial charge in [0.05, 0.1) is 24.3 Å². The van der Waals surface area contributed by atoms with E-state index >= 15 is 0 Å². The number of hydrogen-bond acceptors (Lipinski definition) is 2. The third-order valence-corrected chi connectivity index (χ3v) is 5.60. The van der Waals surface area contributed by atoms with Crippen LogP contribution >= 0.6 is 0 Å². The number of nitrogens with one attached hydrogen (secondary N) is 1. The number of fused-ring (bicyclic) bond motifs is 1. The van der Waals surface area contributed by atoms with Crippen LogP contribution < -0.4 is 5.32 Å². The van der Waals surface area contributed by atoms with Crippen LogP contribution in [0.5, 0.6) is 0 Å². The number of rotatable bonds is 6. The molecular weight excluding hydrogens is 370 g/mol. The normalized spacial score (nSPS) is 12.1. The fourth-order valence-electron chi connectivity index (χ4n) is 3.61. The highest BCUT2D eigenvalue weighted by atomic mass is 16.1. The van der Waals surface area contributed by atoms with E-state index in [9.17, 15) is 4.79 Å². The van der Waals surface area contributed by atoms with Gasteiger partial charge in [-0.15, -0.1) is 0 Å². The summed E-state index contributed by atoms with van der Waals surface area (Å²) >= 11 is 0. The van der Waals surface area contributed by atoms with Crippen LogP contribution in [0.2, 0.25) is 0 Å². The Hall–Kier alpha value is -3.40. The fraction of sp³-hybridized carbons (Fsp3) is 0.231. The smallest absolute Gasteiger partial charge is 0.251 e. The molecule has 1 aromatic heterocycles. The summed E-state index contributed by atoms with van der Waals surface area (Å²) in [5.74, 6) is -0.0768. The summed E-state index contributed by atoms with van der Waals surface area (Å²) in [4.78, 5) is 12.9. The average molecular weight is 398 g/mol. The van der Waals surface area contributed by atoms with Crippen molar-refractivity contribution in [3.8, 4) is 0 Å². The first-order valence-electron chi connectivity index (χ1n) is 10.4. The molecule has 30 heavy (non-hydrogen) atoms. The number of hydrogen-bond donors (Lipinski definition) is 1. The summed E-state index contributed by atoms with van der Waals surface area (Å²) in [6, 6.07) is 22.6. The van der Waals surface area contributed by atoms with Crippen LogP contribution in [0, 0.1) is 6.92 Å². The van der Waals surface area contributed by atoms with Crippen molar-refractivity contribution >= 4 is 16.8 Å². The Labute approximate surface area is 177 Å². The highest BCUT2D eigenvalue weighted by Crippen LogP contribution is 2.19.